The molecule has 0 N–H and O–H groups in total. The van der Waals surface area contributed by atoms with Gasteiger partial charge in [-0.05, 0) is 17.7 Å². The Morgan fingerprint density at radius 3 is 1.30 bits per heavy atom. The first-order valence-electron chi connectivity index (χ1n) is 5.55. The highest BCUT2D eigenvalue weighted by atomic mass is 19.4. The van der Waals surface area contributed by atoms with Crippen molar-refractivity contribution in [2.24, 2.45) is 0 Å². The average Bonchev–Trinajstić information content (AvgIpc) is 2.36. The maximum atomic E-state index is 13.3. The molecular weight excluding hydrogens is 348 g/mol. The minimum atomic E-state index is -6.64. The van der Waals surface area contributed by atoms with Crippen molar-refractivity contribution in [2.45, 2.75) is 30.1 Å². The molecule has 0 amide bonds. The molecule has 0 aliphatic rings. The van der Waals surface area contributed by atoms with Gasteiger partial charge in [-0.2, -0.15) is 49.2 Å². The number of hydrogen-bond donors (Lipinski definition) is 0. The Bertz CT molecular complexity index is 564. The summed E-state index contributed by atoms with van der Waals surface area (Å²) in [6.45, 7) is 0. The first kappa shape index (κ1) is 19.1. The molecule has 23 heavy (non-hydrogen) atoms. The van der Waals surface area contributed by atoms with E-state index in [2.05, 4.69) is 0 Å². The third-order valence-electron chi connectivity index (χ3n) is 2.85. The van der Waals surface area contributed by atoms with Gasteiger partial charge in [-0.15, -0.1) is 0 Å². The maximum Gasteiger partial charge on any atom is 0.454 e. The summed E-state index contributed by atoms with van der Waals surface area (Å²) in [5.74, 6) is -17.2. The minimum Gasteiger partial charge on any atom is -0.195 e. The normalized spacial score (nSPS) is 14.0. The zero-order chi connectivity index (χ0) is 18.3. The summed E-state index contributed by atoms with van der Waals surface area (Å²) in [6, 6.07) is 2.92. The molecule has 0 aliphatic carbocycles. The molecule has 1 rings (SSSR count). The van der Waals surface area contributed by atoms with Crippen LogP contribution < -0.4 is 0 Å². The van der Waals surface area contributed by atoms with Gasteiger partial charge in [-0.25, -0.2) is 0 Å². The van der Waals surface area contributed by atoms with E-state index in [0.717, 1.165) is 0 Å². The molecule has 128 valence electrons. The van der Waals surface area contributed by atoms with E-state index in [1.807, 2.05) is 0 Å². The summed E-state index contributed by atoms with van der Waals surface area (Å²) < 4.78 is 127. The predicted octanol–water partition coefficient (Wildman–Crippen LogP) is 5.04. The van der Waals surface area contributed by atoms with E-state index in [1.54, 1.807) is 0 Å². The van der Waals surface area contributed by atoms with Crippen molar-refractivity contribution < 1.29 is 43.9 Å². The van der Waals surface area contributed by atoms with Crippen LogP contribution in [-0.2, 0) is 0 Å². The van der Waals surface area contributed by atoms with Crippen molar-refractivity contribution in [3.8, 4) is 6.07 Å². The van der Waals surface area contributed by atoms with Gasteiger partial charge in [0.05, 0.1) is 11.6 Å². The SMILES string of the molecule is N#Cc1ccc(C(C(F)(F)C(F)(F)F)C(F)(F)C(F)(F)F)cc1. The topological polar surface area (TPSA) is 23.8 Å². The number of halogens is 10. The molecule has 0 spiro atoms. The molecule has 0 aliphatic heterocycles. The third-order valence-corrected chi connectivity index (χ3v) is 2.85. The van der Waals surface area contributed by atoms with Gasteiger partial charge >= 0.3 is 24.2 Å². The smallest absolute Gasteiger partial charge is 0.195 e. The third kappa shape index (κ3) is 3.35. The van der Waals surface area contributed by atoms with Gasteiger partial charge < -0.3 is 0 Å². The van der Waals surface area contributed by atoms with Gasteiger partial charge in [0.1, 0.15) is 5.92 Å². The largest absolute Gasteiger partial charge is 0.454 e. The van der Waals surface area contributed by atoms with Gasteiger partial charge in [0.2, 0.25) is 0 Å². The first-order chi connectivity index (χ1) is 10.2. The highest BCUT2D eigenvalue weighted by molar-refractivity contribution is 5.35. The molecule has 1 nitrogen and oxygen atoms in total. The second-order valence-corrected chi connectivity index (χ2v) is 4.41. The number of hydrogen-bond acceptors (Lipinski definition) is 1. The number of nitriles is 1. The monoisotopic (exact) mass is 353 g/mol. The van der Waals surface area contributed by atoms with Crippen LogP contribution in [0.4, 0.5) is 43.9 Å². The van der Waals surface area contributed by atoms with Crippen molar-refractivity contribution in [1.82, 2.24) is 0 Å². The van der Waals surface area contributed by atoms with E-state index < -0.39 is 35.7 Å². The highest BCUT2D eigenvalue weighted by Crippen LogP contribution is 2.56. The molecule has 11 heteroatoms. The molecular formula is C12H5F10N. The van der Waals surface area contributed by atoms with Gasteiger partial charge in [0, 0.05) is 0 Å². The number of alkyl halides is 10. The molecule has 0 aromatic heterocycles. The Morgan fingerprint density at radius 1 is 0.696 bits per heavy atom. The fraction of sp³-hybridized carbons (Fsp3) is 0.417. The molecule has 1 aromatic rings. The Balaban J connectivity index is 3.59. The van der Waals surface area contributed by atoms with Gasteiger partial charge in [0.15, 0.2) is 0 Å². The predicted molar refractivity (Wildman–Crippen MR) is 55.9 cm³/mol. The molecule has 0 fully saturated rings. The van der Waals surface area contributed by atoms with Gasteiger partial charge in [-0.1, -0.05) is 12.1 Å². The number of rotatable bonds is 3. The van der Waals surface area contributed by atoms with E-state index in [0.29, 0.717) is 12.1 Å². The summed E-state index contributed by atoms with van der Waals surface area (Å²) in [6.07, 6.45) is -13.3. The highest BCUT2D eigenvalue weighted by Gasteiger charge is 2.76. The quantitative estimate of drug-likeness (QED) is 0.699. The fourth-order valence-electron chi connectivity index (χ4n) is 1.72. The number of benzene rings is 1. The molecule has 0 heterocycles. The summed E-state index contributed by atoms with van der Waals surface area (Å²) in [5, 5.41) is 8.44. The Morgan fingerprint density at radius 2 is 1.04 bits per heavy atom. The van der Waals surface area contributed by atoms with Crippen LogP contribution in [-0.4, -0.2) is 24.2 Å². The van der Waals surface area contributed by atoms with E-state index in [1.165, 1.54) is 6.07 Å². The molecule has 0 bridgehead atoms. The standard InChI is InChI=1S/C12H5F10N/c13-9(14,11(17,18)19)8(10(15,16)12(20,21)22)7-3-1-6(5-23)2-4-7/h1-4,8H. The van der Waals surface area contributed by atoms with Crippen LogP contribution in [0.25, 0.3) is 0 Å². The lowest BCUT2D eigenvalue weighted by Gasteiger charge is -2.35. The van der Waals surface area contributed by atoms with E-state index in [4.69, 9.17) is 5.26 Å². The fourth-order valence-corrected chi connectivity index (χ4v) is 1.72. The summed E-state index contributed by atoms with van der Waals surface area (Å²) in [5.41, 5.74) is -1.92. The Labute approximate surface area is 122 Å². The lowest BCUT2D eigenvalue weighted by atomic mass is 9.85. The van der Waals surface area contributed by atoms with Gasteiger partial charge in [-0.3, -0.25) is 0 Å². The van der Waals surface area contributed by atoms with E-state index >= 15 is 0 Å². The molecule has 0 unspecified atom stereocenters. The van der Waals surface area contributed by atoms with Crippen molar-refractivity contribution in [2.75, 3.05) is 0 Å². The molecule has 0 saturated heterocycles. The van der Waals surface area contributed by atoms with Crippen LogP contribution in [0, 0.1) is 11.3 Å². The first-order valence-corrected chi connectivity index (χ1v) is 5.55. The second-order valence-electron chi connectivity index (χ2n) is 4.41. The lowest BCUT2D eigenvalue weighted by molar-refractivity contribution is -0.354. The molecule has 0 radical (unpaired) electrons. The van der Waals surface area contributed by atoms with Crippen molar-refractivity contribution in [1.29, 1.82) is 5.26 Å². The molecule has 0 atom stereocenters. The Hall–Kier alpha value is -1.99. The van der Waals surface area contributed by atoms with Crippen LogP contribution in [0.2, 0.25) is 0 Å². The second kappa shape index (κ2) is 5.58. The summed E-state index contributed by atoms with van der Waals surface area (Å²) >= 11 is 0. The zero-order valence-corrected chi connectivity index (χ0v) is 10.6. The summed E-state index contributed by atoms with van der Waals surface area (Å²) in [7, 11) is 0. The number of nitrogens with zero attached hydrogens (tertiary/aromatic N) is 1. The van der Waals surface area contributed by atoms with E-state index in [-0.39, 0.29) is 17.7 Å². The van der Waals surface area contributed by atoms with Gasteiger partial charge in [0.25, 0.3) is 0 Å². The molecule has 0 saturated carbocycles. The van der Waals surface area contributed by atoms with Crippen molar-refractivity contribution in [3.05, 3.63) is 35.4 Å². The average molecular weight is 353 g/mol. The van der Waals surface area contributed by atoms with Crippen LogP contribution >= 0.6 is 0 Å². The maximum absolute atomic E-state index is 13.3. The van der Waals surface area contributed by atoms with Crippen LogP contribution in [0.1, 0.15) is 17.0 Å². The summed E-state index contributed by atoms with van der Waals surface area (Å²) in [4.78, 5) is 0. The Kier molecular flexibility index (Phi) is 4.62. The van der Waals surface area contributed by atoms with Crippen LogP contribution in [0.3, 0.4) is 0 Å². The van der Waals surface area contributed by atoms with Crippen molar-refractivity contribution in [3.63, 3.8) is 0 Å². The molecule has 1 aromatic carbocycles. The van der Waals surface area contributed by atoms with E-state index in [9.17, 15) is 43.9 Å². The van der Waals surface area contributed by atoms with Crippen LogP contribution in [0.5, 0.6) is 0 Å². The lowest BCUT2D eigenvalue weighted by Crippen LogP contribution is -2.54. The van der Waals surface area contributed by atoms with Crippen molar-refractivity contribution >= 4 is 0 Å². The zero-order valence-electron chi connectivity index (χ0n) is 10.6. The van der Waals surface area contributed by atoms with Crippen LogP contribution in [0.15, 0.2) is 24.3 Å². The minimum absolute atomic E-state index is 0.197.